The zero-order valence-electron chi connectivity index (χ0n) is 14.2. The molecule has 2 aromatic carbocycles. The lowest BCUT2D eigenvalue weighted by atomic mass is 9.99. The fraction of sp³-hybridized carbons (Fsp3) is 0.0952. The normalized spacial score (nSPS) is 13.7. The molecule has 0 saturated heterocycles. The number of rotatable bonds is 5. The van der Waals surface area contributed by atoms with Crippen molar-refractivity contribution >= 4 is 28.9 Å². The molecular formula is C21H17NO4. The van der Waals surface area contributed by atoms with Crippen molar-refractivity contribution in [1.82, 2.24) is 0 Å². The summed E-state index contributed by atoms with van der Waals surface area (Å²) in [7, 11) is 0. The first kappa shape index (κ1) is 17.4. The van der Waals surface area contributed by atoms with Gasteiger partial charge in [0, 0.05) is 23.5 Å². The summed E-state index contributed by atoms with van der Waals surface area (Å²) < 4.78 is 4.84. The summed E-state index contributed by atoms with van der Waals surface area (Å²) in [5.41, 5.74) is 1.40. The van der Waals surface area contributed by atoms with E-state index in [1.165, 1.54) is 6.08 Å². The second kappa shape index (κ2) is 7.61. The Labute approximate surface area is 151 Å². The van der Waals surface area contributed by atoms with E-state index in [1.807, 2.05) is 60.7 Å². The van der Waals surface area contributed by atoms with E-state index < -0.39 is 17.5 Å². The van der Waals surface area contributed by atoms with E-state index in [0.29, 0.717) is 0 Å². The number of ketones is 2. The zero-order chi connectivity index (χ0) is 18.5. The SMILES string of the molecule is CCOC(=O)C1=CC(=O)C(N(c2ccccc2)c2ccccc2)=CC1=O. The van der Waals surface area contributed by atoms with Gasteiger partial charge in [0.2, 0.25) is 5.78 Å². The standard InChI is InChI=1S/C21H17NO4/c1-2-26-21(25)17-13-20(24)18(14-19(17)23)22(15-9-5-3-6-10-15)16-11-7-4-8-12-16/h3-14H,2H2,1H3. The van der Waals surface area contributed by atoms with E-state index >= 15 is 0 Å². The summed E-state index contributed by atoms with van der Waals surface area (Å²) >= 11 is 0. The number of esters is 1. The van der Waals surface area contributed by atoms with Crippen LogP contribution in [0.2, 0.25) is 0 Å². The molecule has 1 aliphatic carbocycles. The number of para-hydroxylation sites is 2. The lowest BCUT2D eigenvalue weighted by Gasteiger charge is -2.27. The van der Waals surface area contributed by atoms with Crippen LogP contribution in [0.1, 0.15) is 6.92 Å². The predicted octanol–water partition coefficient (Wildman–Crippen LogP) is 3.35. The average Bonchev–Trinajstić information content (AvgIpc) is 2.66. The molecule has 0 fully saturated rings. The van der Waals surface area contributed by atoms with Crippen LogP contribution >= 0.6 is 0 Å². The van der Waals surface area contributed by atoms with Gasteiger partial charge >= 0.3 is 5.97 Å². The van der Waals surface area contributed by atoms with Crippen LogP contribution in [-0.2, 0) is 19.1 Å². The van der Waals surface area contributed by atoms with Crippen LogP contribution in [0.4, 0.5) is 11.4 Å². The maximum absolute atomic E-state index is 12.7. The van der Waals surface area contributed by atoms with Crippen molar-refractivity contribution in [2.75, 3.05) is 11.5 Å². The number of allylic oxidation sites excluding steroid dienone is 2. The molecule has 0 spiro atoms. The second-order valence-electron chi connectivity index (χ2n) is 5.54. The second-order valence-corrected chi connectivity index (χ2v) is 5.54. The van der Waals surface area contributed by atoms with Gasteiger partial charge in [-0.15, -0.1) is 0 Å². The van der Waals surface area contributed by atoms with Crippen LogP contribution in [0.15, 0.2) is 84.1 Å². The largest absolute Gasteiger partial charge is 0.462 e. The van der Waals surface area contributed by atoms with Gasteiger partial charge in [0.05, 0.1) is 12.3 Å². The van der Waals surface area contributed by atoms with Crippen LogP contribution in [0.5, 0.6) is 0 Å². The van der Waals surface area contributed by atoms with Crippen LogP contribution in [0.25, 0.3) is 0 Å². The highest BCUT2D eigenvalue weighted by Crippen LogP contribution is 2.31. The Bertz CT molecular complexity index is 859. The minimum atomic E-state index is -0.785. The number of anilines is 2. The number of benzene rings is 2. The fourth-order valence-corrected chi connectivity index (χ4v) is 2.67. The summed E-state index contributed by atoms with van der Waals surface area (Å²) in [6.45, 7) is 1.77. The van der Waals surface area contributed by atoms with Gasteiger partial charge in [0.1, 0.15) is 5.57 Å². The predicted molar refractivity (Wildman–Crippen MR) is 97.8 cm³/mol. The molecule has 5 heteroatoms. The molecule has 1 aliphatic rings. The Morgan fingerprint density at radius 3 is 1.88 bits per heavy atom. The summed E-state index contributed by atoms with van der Waals surface area (Å²) in [5, 5.41) is 0. The Morgan fingerprint density at radius 2 is 1.38 bits per heavy atom. The van der Waals surface area contributed by atoms with Crippen molar-refractivity contribution in [2.24, 2.45) is 0 Å². The Balaban J connectivity index is 2.04. The Hall–Kier alpha value is -3.47. The van der Waals surface area contributed by atoms with Gasteiger partial charge in [-0.25, -0.2) is 4.79 Å². The van der Waals surface area contributed by atoms with E-state index in [-0.39, 0.29) is 17.9 Å². The van der Waals surface area contributed by atoms with E-state index in [1.54, 1.807) is 11.8 Å². The van der Waals surface area contributed by atoms with Gasteiger partial charge in [-0.1, -0.05) is 36.4 Å². The quantitative estimate of drug-likeness (QED) is 0.471. The minimum absolute atomic E-state index is 0.133. The minimum Gasteiger partial charge on any atom is -0.462 e. The monoisotopic (exact) mass is 347 g/mol. The summed E-state index contributed by atoms with van der Waals surface area (Å²) in [4.78, 5) is 38.7. The number of ether oxygens (including phenoxy) is 1. The maximum atomic E-state index is 12.7. The molecule has 0 heterocycles. The number of hydrogen-bond donors (Lipinski definition) is 0. The molecule has 0 saturated carbocycles. The number of hydrogen-bond acceptors (Lipinski definition) is 5. The smallest absolute Gasteiger partial charge is 0.342 e. The first-order valence-electron chi connectivity index (χ1n) is 8.21. The molecule has 26 heavy (non-hydrogen) atoms. The molecule has 5 nitrogen and oxygen atoms in total. The molecule has 0 radical (unpaired) electrons. The van der Waals surface area contributed by atoms with Crippen molar-refractivity contribution < 1.29 is 19.1 Å². The van der Waals surface area contributed by atoms with Crippen LogP contribution in [0.3, 0.4) is 0 Å². The van der Waals surface area contributed by atoms with E-state index in [0.717, 1.165) is 17.5 Å². The highest BCUT2D eigenvalue weighted by atomic mass is 16.5. The molecule has 3 rings (SSSR count). The first-order valence-corrected chi connectivity index (χ1v) is 8.21. The van der Waals surface area contributed by atoms with Crippen molar-refractivity contribution in [3.63, 3.8) is 0 Å². The van der Waals surface area contributed by atoms with Gasteiger partial charge in [-0.3, -0.25) is 9.59 Å². The van der Waals surface area contributed by atoms with Crippen LogP contribution in [-0.4, -0.2) is 24.1 Å². The Kier molecular flexibility index (Phi) is 5.08. The number of nitrogens with zero attached hydrogens (tertiary/aromatic N) is 1. The van der Waals surface area contributed by atoms with E-state index in [9.17, 15) is 14.4 Å². The lowest BCUT2D eigenvalue weighted by molar-refractivity contribution is -0.140. The number of carbonyl (C=O) groups excluding carboxylic acids is 3. The molecule has 2 aromatic rings. The molecule has 0 aromatic heterocycles. The summed E-state index contributed by atoms with van der Waals surface area (Å²) in [6.07, 6.45) is 2.24. The molecular weight excluding hydrogens is 330 g/mol. The average molecular weight is 347 g/mol. The van der Waals surface area contributed by atoms with Gasteiger partial charge in [-0.05, 0) is 31.2 Å². The zero-order valence-corrected chi connectivity index (χ0v) is 14.2. The van der Waals surface area contributed by atoms with Crippen molar-refractivity contribution in [3.8, 4) is 0 Å². The van der Waals surface area contributed by atoms with Gasteiger partial charge in [-0.2, -0.15) is 0 Å². The number of carbonyl (C=O) groups is 3. The molecule has 0 aliphatic heterocycles. The highest BCUT2D eigenvalue weighted by Gasteiger charge is 2.30. The van der Waals surface area contributed by atoms with Crippen molar-refractivity contribution in [1.29, 1.82) is 0 Å². The highest BCUT2D eigenvalue weighted by molar-refractivity contribution is 6.31. The maximum Gasteiger partial charge on any atom is 0.342 e. The Morgan fingerprint density at radius 1 is 0.846 bits per heavy atom. The van der Waals surface area contributed by atoms with Crippen LogP contribution in [0, 0.1) is 0 Å². The van der Waals surface area contributed by atoms with Gasteiger partial charge in [0.25, 0.3) is 0 Å². The van der Waals surface area contributed by atoms with Crippen LogP contribution < -0.4 is 4.90 Å². The summed E-state index contributed by atoms with van der Waals surface area (Å²) in [6, 6.07) is 18.5. The molecule has 0 unspecified atom stereocenters. The lowest BCUT2D eigenvalue weighted by Crippen LogP contribution is -2.28. The third-order valence-corrected chi connectivity index (χ3v) is 3.83. The molecule has 0 N–H and O–H groups in total. The summed E-state index contributed by atoms with van der Waals surface area (Å²) in [5.74, 6) is -1.76. The fourth-order valence-electron chi connectivity index (χ4n) is 2.67. The molecule has 0 amide bonds. The molecule has 0 bridgehead atoms. The molecule has 0 atom stereocenters. The van der Waals surface area contributed by atoms with E-state index in [2.05, 4.69) is 0 Å². The van der Waals surface area contributed by atoms with Crippen molar-refractivity contribution in [3.05, 3.63) is 84.1 Å². The van der Waals surface area contributed by atoms with Gasteiger partial charge in [0.15, 0.2) is 5.78 Å². The third-order valence-electron chi connectivity index (χ3n) is 3.83. The third kappa shape index (κ3) is 3.47. The topological polar surface area (TPSA) is 63.7 Å². The van der Waals surface area contributed by atoms with Gasteiger partial charge < -0.3 is 9.64 Å². The van der Waals surface area contributed by atoms with Crippen molar-refractivity contribution in [2.45, 2.75) is 6.92 Å². The van der Waals surface area contributed by atoms with E-state index in [4.69, 9.17) is 4.74 Å². The molecule has 130 valence electrons. The first-order chi connectivity index (χ1) is 12.6.